The molecule has 3 aromatic rings. The van der Waals surface area contributed by atoms with Crippen LogP contribution < -0.4 is 10.1 Å². The average molecular weight is 455 g/mol. The van der Waals surface area contributed by atoms with Crippen LogP contribution in [0.1, 0.15) is 55.4 Å². The third-order valence-corrected chi connectivity index (χ3v) is 12.5. The molecule has 32 heavy (non-hydrogen) atoms. The molecule has 2 heterocycles. The Morgan fingerprint density at radius 3 is 2.19 bits per heavy atom. The molecule has 0 fully saturated rings. The summed E-state index contributed by atoms with van der Waals surface area (Å²) in [4.78, 5) is 22.1. The Hall–Kier alpha value is -2.41. The molecule has 2 aromatic heterocycles. The van der Waals surface area contributed by atoms with E-state index in [1.165, 1.54) is 0 Å². The van der Waals surface area contributed by atoms with E-state index in [0.29, 0.717) is 40.6 Å². The van der Waals surface area contributed by atoms with Gasteiger partial charge in [-0.05, 0) is 34.7 Å². The smallest absolute Gasteiger partial charge is 0.330 e. The molecule has 0 spiro atoms. The highest BCUT2D eigenvalue weighted by molar-refractivity contribution is 6.78. The zero-order valence-electron chi connectivity index (χ0n) is 21.0. The van der Waals surface area contributed by atoms with Crippen LogP contribution in [-0.2, 0) is 13.6 Å². The van der Waals surface area contributed by atoms with Gasteiger partial charge in [0.1, 0.15) is 11.3 Å². The Kier molecular flexibility index (Phi) is 6.98. The summed E-state index contributed by atoms with van der Waals surface area (Å²) in [5, 5.41) is 0. The van der Waals surface area contributed by atoms with Gasteiger partial charge in [0.05, 0.1) is 6.20 Å². The third kappa shape index (κ3) is 4.27. The second kappa shape index (κ2) is 9.22. The zero-order valence-corrected chi connectivity index (χ0v) is 22.0. The number of aryl methyl sites for hydroxylation is 1. The molecule has 0 saturated carbocycles. The molecule has 1 aromatic carbocycles. The maximum Gasteiger partial charge on any atom is 0.330 e. The van der Waals surface area contributed by atoms with Gasteiger partial charge in [-0.1, -0.05) is 67.5 Å². The number of aromatic nitrogens is 4. The molecular weight excluding hydrogens is 416 g/mol. The molecule has 0 amide bonds. The first-order valence-corrected chi connectivity index (χ1v) is 13.8. The van der Waals surface area contributed by atoms with Crippen molar-refractivity contribution in [3.63, 3.8) is 0 Å². The second-order valence-electron chi connectivity index (χ2n) is 10.2. The molecule has 6 nitrogen and oxygen atoms in total. The maximum absolute atomic E-state index is 12.7. The Bertz CT molecular complexity index is 1120. The van der Waals surface area contributed by atoms with Crippen molar-refractivity contribution in [2.24, 2.45) is 13.0 Å². The number of rotatable bonds is 8. The molecule has 0 saturated heterocycles. The van der Waals surface area contributed by atoms with Gasteiger partial charge in [0, 0.05) is 19.2 Å². The van der Waals surface area contributed by atoms with E-state index in [1.807, 2.05) is 24.3 Å². The van der Waals surface area contributed by atoms with Gasteiger partial charge in [-0.2, -0.15) is 0 Å². The maximum atomic E-state index is 12.7. The van der Waals surface area contributed by atoms with E-state index in [0.717, 1.165) is 16.8 Å². The van der Waals surface area contributed by atoms with Crippen LogP contribution in [-0.4, -0.2) is 27.4 Å². The lowest BCUT2D eigenvalue weighted by Gasteiger charge is -2.42. The summed E-state index contributed by atoms with van der Waals surface area (Å²) >= 11 is 0. The standard InChI is InChI=1S/C25H38N4O2Si/c1-16(2)15-29-24-22(28(9)25(29)30)14-26-23(27-24)20-11-10-12-21(13-20)31-32(17(3)4,18(5)6)19(7)8/h10-14,16-19H,15H2,1-9H3. The Labute approximate surface area is 192 Å². The van der Waals surface area contributed by atoms with Crippen LogP contribution in [0.25, 0.3) is 22.6 Å². The van der Waals surface area contributed by atoms with Crippen molar-refractivity contribution in [1.29, 1.82) is 0 Å². The number of hydrogen-bond acceptors (Lipinski definition) is 4. The van der Waals surface area contributed by atoms with Crippen LogP contribution in [0.5, 0.6) is 5.75 Å². The first-order chi connectivity index (χ1) is 15.0. The molecular formula is C25H38N4O2Si. The van der Waals surface area contributed by atoms with Crippen LogP contribution in [0.2, 0.25) is 16.6 Å². The summed E-state index contributed by atoms with van der Waals surface area (Å²) in [7, 11) is -0.286. The van der Waals surface area contributed by atoms with E-state index in [4.69, 9.17) is 9.41 Å². The fraction of sp³-hybridized carbons (Fsp3) is 0.560. The van der Waals surface area contributed by atoms with Crippen molar-refractivity contribution in [1.82, 2.24) is 19.1 Å². The third-order valence-electron chi connectivity index (χ3n) is 6.53. The van der Waals surface area contributed by atoms with Crippen LogP contribution in [0, 0.1) is 5.92 Å². The Morgan fingerprint density at radius 1 is 1.00 bits per heavy atom. The zero-order chi connectivity index (χ0) is 23.8. The van der Waals surface area contributed by atoms with Crippen molar-refractivity contribution in [3.05, 3.63) is 40.9 Å². The SMILES string of the molecule is CC(C)Cn1c(=O)n(C)c2cnc(-c3cccc(O[Si](C(C)C)(C(C)C)C(C)C)c3)nc21. The van der Waals surface area contributed by atoms with E-state index in [-0.39, 0.29) is 5.69 Å². The van der Waals surface area contributed by atoms with E-state index in [1.54, 1.807) is 22.4 Å². The highest BCUT2D eigenvalue weighted by Crippen LogP contribution is 2.43. The van der Waals surface area contributed by atoms with E-state index >= 15 is 0 Å². The summed E-state index contributed by atoms with van der Waals surface area (Å²) < 4.78 is 10.2. The fourth-order valence-electron chi connectivity index (χ4n) is 5.10. The summed E-state index contributed by atoms with van der Waals surface area (Å²) in [6.07, 6.45) is 1.75. The van der Waals surface area contributed by atoms with Crippen LogP contribution in [0.3, 0.4) is 0 Å². The van der Waals surface area contributed by atoms with Crippen LogP contribution in [0.4, 0.5) is 0 Å². The number of fused-ring (bicyclic) bond motifs is 1. The predicted octanol–water partition coefficient (Wildman–Crippen LogP) is 6.01. The fourth-order valence-corrected chi connectivity index (χ4v) is 10.3. The lowest BCUT2D eigenvalue weighted by atomic mass is 10.2. The minimum Gasteiger partial charge on any atom is -0.543 e. The van der Waals surface area contributed by atoms with Gasteiger partial charge in [-0.3, -0.25) is 9.13 Å². The number of imidazole rings is 1. The van der Waals surface area contributed by atoms with Gasteiger partial charge in [-0.25, -0.2) is 14.8 Å². The van der Waals surface area contributed by atoms with Crippen molar-refractivity contribution < 1.29 is 4.43 Å². The molecule has 3 rings (SSSR count). The van der Waals surface area contributed by atoms with Crippen molar-refractivity contribution in [2.75, 3.05) is 0 Å². The summed E-state index contributed by atoms with van der Waals surface area (Å²) in [6.45, 7) is 18.6. The average Bonchev–Trinajstić information content (AvgIpc) is 2.95. The number of hydrogen-bond donors (Lipinski definition) is 0. The van der Waals surface area contributed by atoms with Gasteiger partial charge in [-0.15, -0.1) is 0 Å². The largest absolute Gasteiger partial charge is 0.543 e. The normalized spacial score (nSPS) is 12.7. The van der Waals surface area contributed by atoms with Crippen molar-refractivity contribution in [2.45, 2.75) is 78.6 Å². The lowest BCUT2D eigenvalue weighted by Crippen LogP contribution is -2.50. The lowest BCUT2D eigenvalue weighted by molar-refractivity contribution is 0.480. The Morgan fingerprint density at radius 2 is 1.62 bits per heavy atom. The van der Waals surface area contributed by atoms with Crippen LogP contribution >= 0.6 is 0 Å². The molecule has 0 aliphatic carbocycles. The van der Waals surface area contributed by atoms with Gasteiger partial charge in [0.15, 0.2) is 11.5 Å². The first-order valence-electron chi connectivity index (χ1n) is 11.7. The molecule has 0 radical (unpaired) electrons. The number of benzene rings is 1. The molecule has 0 N–H and O–H groups in total. The molecule has 0 aliphatic rings. The summed E-state index contributed by atoms with van der Waals surface area (Å²) in [5.74, 6) is 1.83. The van der Waals surface area contributed by atoms with E-state index in [2.05, 4.69) is 60.4 Å². The first kappa shape index (κ1) is 24.2. The molecule has 0 aliphatic heterocycles. The minimum absolute atomic E-state index is 0.0567. The highest BCUT2D eigenvalue weighted by atomic mass is 28.4. The minimum atomic E-state index is -2.06. The molecule has 0 bridgehead atoms. The summed E-state index contributed by atoms with van der Waals surface area (Å²) in [6, 6.07) is 8.09. The van der Waals surface area contributed by atoms with Gasteiger partial charge < -0.3 is 4.43 Å². The highest BCUT2D eigenvalue weighted by Gasteiger charge is 2.47. The Balaban J connectivity index is 2.07. The topological polar surface area (TPSA) is 61.9 Å². The van der Waals surface area contributed by atoms with Crippen LogP contribution in [0.15, 0.2) is 35.3 Å². The van der Waals surface area contributed by atoms with Gasteiger partial charge >= 0.3 is 5.69 Å². The molecule has 7 heteroatoms. The monoisotopic (exact) mass is 454 g/mol. The summed E-state index contributed by atoms with van der Waals surface area (Å²) in [5.41, 5.74) is 3.75. The van der Waals surface area contributed by atoms with Gasteiger partial charge in [0.25, 0.3) is 8.32 Å². The second-order valence-corrected chi connectivity index (χ2v) is 15.6. The van der Waals surface area contributed by atoms with E-state index < -0.39 is 8.32 Å². The van der Waals surface area contributed by atoms with Crippen molar-refractivity contribution in [3.8, 4) is 17.1 Å². The van der Waals surface area contributed by atoms with E-state index in [9.17, 15) is 4.79 Å². The molecule has 0 atom stereocenters. The quantitative estimate of drug-likeness (QED) is 0.391. The molecule has 0 unspecified atom stereocenters. The number of nitrogens with zero attached hydrogens (tertiary/aromatic N) is 4. The molecule has 174 valence electrons. The van der Waals surface area contributed by atoms with Gasteiger partial charge in [0.2, 0.25) is 0 Å². The van der Waals surface area contributed by atoms with Crippen molar-refractivity contribution >= 4 is 19.5 Å². The predicted molar refractivity (Wildman–Crippen MR) is 135 cm³/mol.